The van der Waals surface area contributed by atoms with Gasteiger partial charge >= 0.3 is 47.0 Å². The Hall–Kier alpha value is -1.28. The molecule has 0 aliphatic rings. The lowest BCUT2D eigenvalue weighted by molar-refractivity contribution is -0.458. The van der Waals surface area contributed by atoms with Crippen LogP contribution in [0.2, 0.25) is 0 Å². The minimum atomic E-state index is -8.82. The van der Waals surface area contributed by atoms with Crippen molar-refractivity contribution < 1.29 is 83.1 Å². The Bertz CT molecular complexity index is 768. The van der Waals surface area contributed by atoms with Crippen molar-refractivity contribution in [1.29, 1.82) is 0 Å². The number of hydrogen-bond acceptors (Lipinski definition) is 3. The summed E-state index contributed by atoms with van der Waals surface area (Å²) in [6.07, 6.45) is -7.86. The number of sulfone groups is 1. The summed E-state index contributed by atoms with van der Waals surface area (Å²) in [5, 5.41) is -7.47. The van der Waals surface area contributed by atoms with Gasteiger partial charge in [0, 0.05) is 6.54 Å². The fourth-order valence-electron chi connectivity index (χ4n) is 1.63. The molecule has 0 aromatic rings. The van der Waals surface area contributed by atoms with Crippen LogP contribution in [0.1, 0.15) is 0 Å². The molecule has 0 spiro atoms. The summed E-state index contributed by atoms with van der Waals surface area (Å²) in [5.41, 5.74) is 4.36. The van der Waals surface area contributed by atoms with Crippen LogP contribution in [0.3, 0.4) is 0 Å². The van der Waals surface area contributed by atoms with Gasteiger partial charge in [-0.05, 0) is 0 Å². The Morgan fingerprint density at radius 2 is 0.742 bits per heavy atom. The van der Waals surface area contributed by atoms with E-state index in [4.69, 9.17) is 0 Å². The second kappa shape index (κ2) is 7.37. The van der Waals surface area contributed by atoms with Crippen LogP contribution >= 0.6 is 0 Å². The van der Waals surface area contributed by atoms with Gasteiger partial charge in [0.05, 0.1) is 5.75 Å². The van der Waals surface area contributed by atoms with Gasteiger partial charge in [-0.3, -0.25) is 0 Å². The molecular formula is C10H6F17NO2S. The third-order valence-corrected chi connectivity index (χ3v) is 5.28. The van der Waals surface area contributed by atoms with Crippen LogP contribution in [-0.2, 0) is 9.84 Å². The smallest absolute Gasteiger partial charge is 0.329 e. The average Bonchev–Trinajstić information content (AvgIpc) is 2.52. The molecule has 0 aromatic heterocycles. The number of nitrogens with two attached hydrogens (primary N) is 1. The molecule has 0 amide bonds. The van der Waals surface area contributed by atoms with Crippen LogP contribution in [-0.4, -0.2) is 67.7 Å². The fourth-order valence-corrected chi connectivity index (χ4v) is 2.71. The van der Waals surface area contributed by atoms with Gasteiger partial charge in [0.15, 0.2) is 0 Å². The Balaban J connectivity index is 6.91. The van der Waals surface area contributed by atoms with Gasteiger partial charge in [-0.25, -0.2) is 8.42 Å². The lowest BCUT2D eigenvalue weighted by atomic mass is 9.91. The van der Waals surface area contributed by atoms with Crippen molar-refractivity contribution in [3.63, 3.8) is 0 Å². The van der Waals surface area contributed by atoms with Crippen LogP contribution in [0.15, 0.2) is 0 Å². The van der Waals surface area contributed by atoms with E-state index in [1.54, 1.807) is 0 Å². The van der Waals surface area contributed by atoms with Gasteiger partial charge < -0.3 is 5.73 Å². The van der Waals surface area contributed by atoms with E-state index in [2.05, 4.69) is 5.73 Å². The second-order valence-corrected chi connectivity index (χ2v) is 7.72. The first-order chi connectivity index (χ1) is 13.1. The topological polar surface area (TPSA) is 60.2 Å². The van der Waals surface area contributed by atoms with Gasteiger partial charge in [-0.2, -0.15) is 74.6 Å². The first kappa shape index (κ1) is 29.7. The molecule has 0 aromatic carbocycles. The van der Waals surface area contributed by atoms with Crippen molar-refractivity contribution in [2.24, 2.45) is 5.73 Å². The molecule has 0 radical (unpaired) electrons. The van der Waals surface area contributed by atoms with Crippen molar-refractivity contribution in [1.82, 2.24) is 0 Å². The molecule has 0 atom stereocenters. The maximum Gasteiger partial charge on any atom is 0.460 e. The van der Waals surface area contributed by atoms with E-state index < -0.39 is 69.1 Å². The van der Waals surface area contributed by atoms with Gasteiger partial charge in [-0.1, -0.05) is 0 Å². The molecule has 0 bridgehead atoms. The molecule has 21 heteroatoms. The highest BCUT2D eigenvalue weighted by Crippen LogP contribution is 2.64. The van der Waals surface area contributed by atoms with Gasteiger partial charge in [-0.15, -0.1) is 0 Å². The highest BCUT2D eigenvalue weighted by Gasteiger charge is 2.96. The molecule has 0 heterocycles. The normalized spacial score (nSPS) is 16.6. The predicted molar refractivity (Wildman–Crippen MR) is 63.5 cm³/mol. The van der Waals surface area contributed by atoms with Crippen molar-refractivity contribution in [2.75, 3.05) is 12.3 Å². The molecule has 0 aliphatic carbocycles. The zero-order valence-corrected chi connectivity index (χ0v) is 14.5. The van der Waals surface area contributed by atoms with Gasteiger partial charge in [0.25, 0.3) is 0 Å². The quantitative estimate of drug-likeness (QED) is 0.455. The molecule has 0 unspecified atom stereocenters. The summed E-state index contributed by atoms with van der Waals surface area (Å²) in [6.45, 7) is -1.58. The van der Waals surface area contributed by atoms with Crippen molar-refractivity contribution in [3.8, 4) is 0 Å². The lowest BCUT2D eigenvalue weighted by Gasteiger charge is -2.42. The van der Waals surface area contributed by atoms with Gasteiger partial charge in [0.2, 0.25) is 9.84 Å². The second-order valence-electron chi connectivity index (χ2n) is 5.57. The van der Waals surface area contributed by atoms with E-state index in [1.807, 2.05) is 0 Å². The van der Waals surface area contributed by atoms with E-state index in [-0.39, 0.29) is 0 Å². The molecule has 188 valence electrons. The molecule has 2 N–H and O–H groups in total. The number of alkyl halides is 17. The zero-order valence-electron chi connectivity index (χ0n) is 13.6. The molecule has 31 heavy (non-hydrogen) atoms. The summed E-state index contributed by atoms with van der Waals surface area (Å²) in [7, 11) is -7.03. The third-order valence-electron chi connectivity index (χ3n) is 3.47. The number of hydrogen-bond donors (Lipinski definition) is 1. The molecule has 0 saturated heterocycles. The molecule has 0 fully saturated rings. The van der Waals surface area contributed by atoms with Crippen LogP contribution in [0.4, 0.5) is 74.6 Å². The Labute approximate surface area is 159 Å². The Morgan fingerprint density at radius 3 is 1.00 bits per heavy atom. The van der Waals surface area contributed by atoms with E-state index in [9.17, 15) is 83.1 Å². The summed E-state index contributed by atoms with van der Waals surface area (Å²) in [4.78, 5) is 0. The van der Waals surface area contributed by atoms with E-state index in [0.717, 1.165) is 0 Å². The SMILES string of the molecule is NCCS(=O)(=O)C(F)(F)C(F)(F)C(F)(F)C(F)(F)C(F)(F)C(F)(F)C(F)(F)C(F)(F)F. The fraction of sp³-hybridized carbons (Fsp3) is 1.00. The standard InChI is InChI=1S/C10H6F17NO2S/c11-3(12,5(15,16)7(19,20)9(23,24)25)4(13,14)6(17,18)8(21,22)10(26,27)31(29,30)2-1-28/h1-2,28H2. The lowest BCUT2D eigenvalue weighted by Crippen LogP contribution is -2.75. The molecule has 3 nitrogen and oxygen atoms in total. The first-order valence-corrected chi connectivity index (χ1v) is 8.35. The highest BCUT2D eigenvalue weighted by molar-refractivity contribution is 7.92. The summed E-state index contributed by atoms with van der Waals surface area (Å²) in [5.74, 6) is -53.8. The minimum Gasteiger partial charge on any atom is -0.329 e. The minimum absolute atomic E-state index is 1.58. The maximum absolute atomic E-state index is 13.4. The van der Waals surface area contributed by atoms with Crippen LogP contribution in [0.25, 0.3) is 0 Å². The van der Waals surface area contributed by atoms with Crippen molar-refractivity contribution in [2.45, 2.75) is 47.0 Å². The number of halogens is 17. The van der Waals surface area contributed by atoms with Crippen LogP contribution in [0, 0.1) is 0 Å². The highest BCUT2D eigenvalue weighted by atomic mass is 32.2. The summed E-state index contributed by atoms with van der Waals surface area (Å²) >= 11 is 0. The average molecular weight is 527 g/mol. The van der Waals surface area contributed by atoms with E-state index >= 15 is 0 Å². The van der Waals surface area contributed by atoms with Crippen molar-refractivity contribution >= 4 is 9.84 Å². The van der Waals surface area contributed by atoms with Crippen LogP contribution in [0.5, 0.6) is 0 Å². The molecule has 0 saturated carbocycles. The molecule has 0 aliphatic heterocycles. The monoisotopic (exact) mass is 527 g/mol. The van der Waals surface area contributed by atoms with Crippen LogP contribution < -0.4 is 5.73 Å². The zero-order chi connectivity index (χ0) is 25.9. The Morgan fingerprint density at radius 1 is 0.484 bits per heavy atom. The third kappa shape index (κ3) is 3.67. The predicted octanol–water partition coefficient (Wildman–Crippen LogP) is 4.33. The molecule has 0 rings (SSSR count). The molecular weight excluding hydrogens is 521 g/mol. The van der Waals surface area contributed by atoms with Gasteiger partial charge in [0.1, 0.15) is 0 Å². The number of rotatable bonds is 9. The maximum atomic E-state index is 13.4. The van der Waals surface area contributed by atoms with Crippen molar-refractivity contribution in [3.05, 3.63) is 0 Å². The summed E-state index contributed by atoms with van der Waals surface area (Å²) < 4.78 is 241. The first-order valence-electron chi connectivity index (χ1n) is 6.70. The largest absolute Gasteiger partial charge is 0.460 e. The van der Waals surface area contributed by atoms with E-state index in [0.29, 0.717) is 0 Å². The Kier molecular flexibility index (Phi) is 7.07. The summed E-state index contributed by atoms with van der Waals surface area (Å²) in [6, 6.07) is 0. The van der Waals surface area contributed by atoms with E-state index in [1.165, 1.54) is 0 Å².